The molecule has 0 saturated carbocycles. The normalized spacial score (nSPS) is 10.4. The summed E-state index contributed by atoms with van der Waals surface area (Å²) >= 11 is 6.07. The van der Waals surface area contributed by atoms with Gasteiger partial charge in [0.15, 0.2) is 11.5 Å². The highest BCUT2D eigenvalue weighted by atomic mass is 35.5. The number of rotatable bonds is 2. The van der Waals surface area contributed by atoms with E-state index in [-0.39, 0.29) is 12.3 Å². The highest BCUT2D eigenvalue weighted by Crippen LogP contribution is 2.40. The van der Waals surface area contributed by atoms with Gasteiger partial charge in [-0.25, -0.2) is 0 Å². The average Bonchev–Trinajstić information content (AvgIpc) is 2.16. The molecule has 0 aliphatic rings. The second kappa shape index (κ2) is 4.07. The van der Waals surface area contributed by atoms with E-state index < -0.39 is 0 Å². The number of nitrogens with two attached hydrogens (primary N) is 1. The zero-order chi connectivity index (χ0) is 10.9. The van der Waals surface area contributed by atoms with Gasteiger partial charge in [-0.3, -0.25) is 0 Å². The molecule has 0 bridgehead atoms. The third-order valence-electron chi connectivity index (χ3n) is 2.36. The van der Waals surface area contributed by atoms with Gasteiger partial charge in [0.1, 0.15) is 0 Å². The highest BCUT2D eigenvalue weighted by Gasteiger charge is 2.17. The fraction of sp³-hybridized carbons (Fsp3) is 0.400. The molecule has 0 fully saturated rings. The first-order chi connectivity index (χ1) is 6.54. The number of benzene rings is 1. The standard InChI is InChI=1S/C10H14ClNO2/c1-5-7(4-12)9(13)10(14-3)6(2)8(5)11/h13H,4,12H2,1-3H3. The number of hydrogen-bond donors (Lipinski definition) is 2. The molecule has 0 unspecified atom stereocenters. The number of ether oxygens (including phenoxy) is 1. The maximum Gasteiger partial charge on any atom is 0.165 e. The van der Waals surface area contributed by atoms with Crippen LogP contribution in [-0.4, -0.2) is 12.2 Å². The zero-order valence-electron chi connectivity index (χ0n) is 8.52. The average molecular weight is 216 g/mol. The van der Waals surface area contributed by atoms with Crippen LogP contribution in [0.15, 0.2) is 0 Å². The minimum atomic E-state index is 0.0920. The summed E-state index contributed by atoms with van der Waals surface area (Å²) in [6, 6.07) is 0. The number of phenolic OH excluding ortho intramolecular Hbond substituents is 1. The smallest absolute Gasteiger partial charge is 0.165 e. The molecule has 1 rings (SSSR count). The summed E-state index contributed by atoms with van der Waals surface area (Å²) in [6.45, 7) is 3.87. The Hall–Kier alpha value is -0.930. The molecular weight excluding hydrogens is 202 g/mol. The first kappa shape index (κ1) is 11.1. The van der Waals surface area contributed by atoms with Gasteiger partial charge in [-0.05, 0) is 19.4 Å². The van der Waals surface area contributed by atoms with Gasteiger partial charge in [-0.1, -0.05) is 11.6 Å². The predicted octanol–water partition coefficient (Wildman–Crippen LogP) is 2.13. The Kier molecular flexibility index (Phi) is 3.24. The molecule has 0 aliphatic heterocycles. The van der Waals surface area contributed by atoms with Crippen molar-refractivity contribution >= 4 is 11.6 Å². The first-order valence-corrected chi connectivity index (χ1v) is 4.66. The Labute approximate surface area is 88.4 Å². The van der Waals surface area contributed by atoms with Gasteiger partial charge in [0.25, 0.3) is 0 Å². The molecule has 14 heavy (non-hydrogen) atoms. The van der Waals surface area contributed by atoms with Crippen LogP contribution in [0.3, 0.4) is 0 Å². The largest absolute Gasteiger partial charge is 0.504 e. The fourth-order valence-corrected chi connectivity index (χ4v) is 1.71. The molecule has 0 radical (unpaired) electrons. The van der Waals surface area contributed by atoms with Gasteiger partial charge in [0.2, 0.25) is 0 Å². The Morgan fingerprint density at radius 2 is 1.93 bits per heavy atom. The summed E-state index contributed by atoms with van der Waals surface area (Å²) in [6.07, 6.45) is 0. The van der Waals surface area contributed by atoms with Crippen molar-refractivity contribution in [1.82, 2.24) is 0 Å². The molecule has 0 heterocycles. The van der Waals surface area contributed by atoms with Crippen LogP contribution in [0.1, 0.15) is 16.7 Å². The summed E-state index contributed by atoms with van der Waals surface area (Å²) < 4.78 is 5.06. The van der Waals surface area contributed by atoms with Crippen molar-refractivity contribution in [3.05, 3.63) is 21.7 Å². The molecule has 0 amide bonds. The second-order valence-electron chi connectivity index (χ2n) is 3.13. The third-order valence-corrected chi connectivity index (χ3v) is 2.93. The third kappa shape index (κ3) is 1.53. The second-order valence-corrected chi connectivity index (χ2v) is 3.51. The maximum atomic E-state index is 9.81. The van der Waals surface area contributed by atoms with E-state index >= 15 is 0 Å². The maximum absolute atomic E-state index is 9.81. The number of hydrogen-bond acceptors (Lipinski definition) is 3. The molecule has 0 spiro atoms. The van der Waals surface area contributed by atoms with Crippen molar-refractivity contribution in [2.45, 2.75) is 20.4 Å². The van der Waals surface area contributed by atoms with Crippen molar-refractivity contribution in [1.29, 1.82) is 0 Å². The number of phenols is 1. The monoisotopic (exact) mass is 215 g/mol. The minimum absolute atomic E-state index is 0.0920. The van der Waals surface area contributed by atoms with Gasteiger partial charge in [-0.15, -0.1) is 0 Å². The molecule has 0 aromatic heterocycles. The van der Waals surface area contributed by atoms with Crippen molar-refractivity contribution in [2.75, 3.05) is 7.11 Å². The summed E-state index contributed by atoms with van der Waals surface area (Å²) in [7, 11) is 1.49. The van der Waals surface area contributed by atoms with Crippen LogP contribution in [0.5, 0.6) is 11.5 Å². The minimum Gasteiger partial charge on any atom is -0.504 e. The topological polar surface area (TPSA) is 55.5 Å². The van der Waals surface area contributed by atoms with Crippen LogP contribution in [0.25, 0.3) is 0 Å². The molecular formula is C10H14ClNO2. The molecule has 1 aromatic carbocycles. The Bertz CT molecular complexity index is 333. The first-order valence-electron chi connectivity index (χ1n) is 4.29. The number of halogens is 1. The van der Waals surface area contributed by atoms with Crippen LogP contribution in [0.4, 0.5) is 0 Å². The highest BCUT2D eigenvalue weighted by molar-refractivity contribution is 6.32. The van der Waals surface area contributed by atoms with Crippen molar-refractivity contribution in [3.63, 3.8) is 0 Å². The van der Waals surface area contributed by atoms with E-state index in [1.165, 1.54) is 7.11 Å². The lowest BCUT2D eigenvalue weighted by molar-refractivity contribution is 0.368. The van der Waals surface area contributed by atoms with Crippen LogP contribution in [0.2, 0.25) is 5.02 Å². The quantitative estimate of drug-likeness (QED) is 0.795. The van der Waals surface area contributed by atoms with Crippen LogP contribution < -0.4 is 10.5 Å². The van der Waals surface area contributed by atoms with Gasteiger partial charge < -0.3 is 15.6 Å². The van der Waals surface area contributed by atoms with E-state index in [2.05, 4.69) is 0 Å². The number of aromatic hydroxyl groups is 1. The van der Waals surface area contributed by atoms with E-state index in [4.69, 9.17) is 22.1 Å². The molecule has 0 aliphatic carbocycles. The summed E-state index contributed by atoms with van der Waals surface area (Å²) in [5.41, 5.74) is 7.70. The Morgan fingerprint density at radius 3 is 2.36 bits per heavy atom. The van der Waals surface area contributed by atoms with E-state index in [9.17, 15) is 5.11 Å². The lowest BCUT2D eigenvalue weighted by Crippen LogP contribution is -2.03. The molecule has 0 atom stereocenters. The van der Waals surface area contributed by atoms with Gasteiger partial charge in [-0.2, -0.15) is 0 Å². The summed E-state index contributed by atoms with van der Waals surface area (Å²) in [4.78, 5) is 0. The number of methoxy groups -OCH3 is 1. The lowest BCUT2D eigenvalue weighted by atomic mass is 10.0. The van der Waals surface area contributed by atoms with Gasteiger partial charge >= 0.3 is 0 Å². The van der Waals surface area contributed by atoms with E-state index in [0.29, 0.717) is 16.3 Å². The van der Waals surface area contributed by atoms with Crippen molar-refractivity contribution < 1.29 is 9.84 Å². The van der Waals surface area contributed by atoms with Crippen molar-refractivity contribution in [2.24, 2.45) is 5.73 Å². The van der Waals surface area contributed by atoms with Gasteiger partial charge in [0.05, 0.1) is 12.1 Å². The SMILES string of the molecule is COc1c(C)c(Cl)c(C)c(CN)c1O. The summed E-state index contributed by atoms with van der Waals surface area (Å²) in [5.74, 6) is 0.496. The Morgan fingerprint density at radius 1 is 1.36 bits per heavy atom. The molecule has 1 aromatic rings. The van der Waals surface area contributed by atoms with Crippen LogP contribution >= 0.6 is 11.6 Å². The van der Waals surface area contributed by atoms with E-state index in [0.717, 1.165) is 11.1 Å². The van der Waals surface area contributed by atoms with E-state index in [1.807, 2.05) is 6.92 Å². The molecule has 78 valence electrons. The molecule has 0 saturated heterocycles. The predicted molar refractivity (Wildman–Crippen MR) is 57.0 cm³/mol. The fourth-order valence-electron chi connectivity index (χ4n) is 1.51. The molecule has 3 N–H and O–H groups in total. The molecule has 4 heteroatoms. The van der Waals surface area contributed by atoms with Crippen LogP contribution in [-0.2, 0) is 6.54 Å². The molecule has 3 nitrogen and oxygen atoms in total. The summed E-state index contributed by atoms with van der Waals surface area (Å²) in [5, 5.41) is 10.4. The Balaban J connectivity index is 3.56. The lowest BCUT2D eigenvalue weighted by Gasteiger charge is -2.15. The van der Waals surface area contributed by atoms with E-state index in [1.54, 1.807) is 6.92 Å². The van der Waals surface area contributed by atoms with Gasteiger partial charge in [0, 0.05) is 17.7 Å². The van der Waals surface area contributed by atoms with Crippen molar-refractivity contribution in [3.8, 4) is 11.5 Å². The zero-order valence-corrected chi connectivity index (χ0v) is 9.27. The van der Waals surface area contributed by atoms with Crippen LogP contribution in [0, 0.1) is 13.8 Å².